The van der Waals surface area contributed by atoms with Crippen LogP contribution < -0.4 is 0 Å². The molecule has 3 nitrogen and oxygen atoms in total. The summed E-state index contributed by atoms with van der Waals surface area (Å²) in [6.07, 6.45) is 3.91. The Morgan fingerprint density at radius 1 is 1.08 bits per heavy atom. The van der Waals surface area contributed by atoms with Crippen molar-refractivity contribution in [1.82, 2.24) is 4.34 Å². The molecule has 0 spiro atoms. The van der Waals surface area contributed by atoms with Crippen LogP contribution in [0.2, 0.25) is 0 Å². The Morgan fingerprint density at radius 2 is 1.58 bits per heavy atom. The van der Waals surface area contributed by atoms with Crippen molar-refractivity contribution in [2.24, 2.45) is 0 Å². The largest absolute Gasteiger partial charge is 0.318 e. The van der Waals surface area contributed by atoms with E-state index in [1.807, 2.05) is 42.7 Å². The first-order valence-electron chi connectivity index (χ1n) is 4.07. The summed E-state index contributed by atoms with van der Waals surface area (Å²) in [4.78, 5) is 0. The molecule has 0 unspecified atom stereocenters. The molecule has 0 saturated heterocycles. The van der Waals surface area contributed by atoms with Crippen molar-refractivity contribution in [2.75, 3.05) is 13.2 Å². The topological polar surface area (TPSA) is 23.4 Å². The zero-order valence-electron chi connectivity index (χ0n) is 7.43. The third kappa shape index (κ3) is 2.59. The van der Waals surface area contributed by atoms with Gasteiger partial charge in [-0.05, 0) is 26.0 Å². The highest BCUT2D eigenvalue weighted by Gasteiger charge is 2.09. The SMILES string of the molecule is CCOP(OCC)n1cccc1. The van der Waals surface area contributed by atoms with Crippen LogP contribution in [0, 0.1) is 0 Å². The predicted octanol–water partition coefficient (Wildman–Crippen LogP) is 2.64. The summed E-state index contributed by atoms with van der Waals surface area (Å²) in [5, 5.41) is 0. The third-order valence-electron chi connectivity index (χ3n) is 1.26. The highest BCUT2D eigenvalue weighted by molar-refractivity contribution is 7.45. The Hall–Kier alpha value is -0.370. The van der Waals surface area contributed by atoms with Gasteiger partial charge in [0.2, 0.25) is 0 Å². The van der Waals surface area contributed by atoms with Crippen LogP contribution >= 0.6 is 8.53 Å². The summed E-state index contributed by atoms with van der Waals surface area (Å²) >= 11 is 0. The monoisotopic (exact) mass is 187 g/mol. The van der Waals surface area contributed by atoms with Crippen LogP contribution in [0.25, 0.3) is 0 Å². The first kappa shape index (κ1) is 9.72. The zero-order valence-corrected chi connectivity index (χ0v) is 8.33. The van der Waals surface area contributed by atoms with Gasteiger partial charge in [0.1, 0.15) is 0 Å². The van der Waals surface area contributed by atoms with Crippen LogP contribution in [0.5, 0.6) is 0 Å². The van der Waals surface area contributed by atoms with Crippen LogP contribution in [0.1, 0.15) is 13.8 Å². The lowest BCUT2D eigenvalue weighted by Gasteiger charge is -2.15. The van der Waals surface area contributed by atoms with Crippen molar-refractivity contribution in [3.63, 3.8) is 0 Å². The minimum atomic E-state index is -0.902. The van der Waals surface area contributed by atoms with E-state index in [4.69, 9.17) is 9.05 Å². The second-order valence-electron chi connectivity index (χ2n) is 2.14. The maximum atomic E-state index is 5.43. The molecule has 68 valence electrons. The van der Waals surface area contributed by atoms with Gasteiger partial charge in [0, 0.05) is 12.4 Å². The first-order chi connectivity index (χ1) is 5.88. The lowest BCUT2D eigenvalue weighted by molar-refractivity contribution is 0.263. The summed E-state index contributed by atoms with van der Waals surface area (Å²) in [6.45, 7) is 5.31. The summed E-state index contributed by atoms with van der Waals surface area (Å²) in [7, 11) is -0.902. The van der Waals surface area contributed by atoms with Gasteiger partial charge in [-0.3, -0.25) is 4.34 Å². The number of aromatic nitrogens is 1. The molecule has 0 saturated carbocycles. The van der Waals surface area contributed by atoms with E-state index >= 15 is 0 Å². The Labute approximate surface area is 74.3 Å². The van der Waals surface area contributed by atoms with E-state index in [1.54, 1.807) is 0 Å². The Morgan fingerprint density at radius 3 is 2.00 bits per heavy atom. The molecule has 0 N–H and O–H groups in total. The van der Waals surface area contributed by atoms with Gasteiger partial charge in [-0.2, -0.15) is 0 Å². The lowest BCUT2D eigenvalue weighted by atomic mass is 10.7. The number of rotatable bonds is 5. The van der Waals surface area contributed by atoms with Gasteiger partial charge in [-0.25, -0.2) is 0 Å². The van der Waals surface area contributed by atoms with Crippen LogP contribution in [0.15, 0.2) is 24.5 Å². The van der Waals surface area contributed by atoms with E-state index in [0.717, 1.165) is 0 Å². The molecule has 0 bridgehead atoms. The summed E-state index contributed by atoms with van der Waals surface area (Å²) in [5.41, 5.74) is 0. The van der Waals surface area contributed by atoms with Gasteiger partial charge in [0.15, 0.2) is 0 Å². The summed E-state index contributed by atoms with van der Waals surface area (Å²) in [5.74, 6) is 0. The highest BCUT2D eigenvalue weighted by atomic mass is 31.2. The van der Waals surface area contributed by atoms with Crippen LogP contribution in [0.4, 0.5) is 0 Å². The molecule has 1 rings (SSSR count). The number of hydrogen-bond acceptors (Lipinski definition) is 2. The van der Waals surface area contributed by atoms with E-state index < -0.39 is 8.53 Å². The zero-order chi connectivity index (χ0) is 8.81. The molecule has 0 aliphatic heterocycles. The van der Waals surface area contributed by atoms with Crippen LogP contribution in [0.3, 0.4) is 0 Å². The van der Waals surface area contributed by atoms with Gasteiger partial charge >= 0.3 is 0 Å². The maximum Gasteiger partial charge on any atom is 0.293 e. The fourth-order valence-electron chi connectivity index (χ4n) is 0.826. The van der Waals surface area contributed by atoms with E-state index in [-0.39, 0.29) is 0 Å². The molecule has 4 heteroatoms. The van der Waals surface area contributed by atoms with E-state index in [2.05, 4.69) is 0 Å². The maximum absolute atomic E-state index is 5.43. The molecule has 0 radical (unpaired) electrons. The number of hydrogen-bond donors (Lipinski definition) is 0. The molecule has 0 aliphatic carbocycles. The van der Waals surface area contributed by atoms with Gasteiger partial charge in [0.25, 0.3) is 8.53 Å². The molecule has 0 aliphatic rings. The van der Waals surface area contributed by atoms with Crippen molar-refractivity contribution in [3.05, 3.63) is 24.5 Å². The van der Waals surface area contributed by atoms with E-state index in [0.29, 0.717) is 13.2 Å². The first-order valence-corrected chi connectivity index (χ1v) is 5.20. The molecule has 0 amide bonds. The van der Waals surface area contributed by atoms with Gasteiger partial charge < -0.3 is 9.05 Å². The smallest absolute Gasteiger partial charge is 0.293 e. The Balaban J connectivity index is 2.53. The number of nitrogens with zero attached hydrogens (tertiary/aromatic N) is 1. The average molecular weight is 187 g/mol. The molecule has 0 atom stereocenters. The van der Waals surface area contributed by atoms with E-state index in [1.165, 1.54) is 0 Å². The second-order valence-corrected chi connectivity index (χ2v) is 3.59. The fraction of sp³-hybridized carbons (Fsp3) is 0.500. The average Bonchev–Trinajstić information content (AvgIpc) is 2.56. The quantitative estimate of drug-likeness (QED) is 0.661. The van der Waals surface area contributed by atoms with E-state index in [9.17, 15) is 0 Å². The van der Waals surface area contributed by atoms with Crippen molar-refractivity contribution >= 4 is 8.53 Å². The summed E-state index contributed by atoms with van der Waals surface area (Å²) < 4.78 is 12.8. The normalized spacial score (nSPS) is 10.9. The van der Waals surface area contributed by atoms with Crippen LogP contribution in [-0.2, 0) is 9.05 Å². The van der Waals surface area contributed by atoms with Crippen molar-refractivity contribution in [3.8, 4) is 0 Å². The molecule has 0 aromatic carbocycles. The minimum absolute atomic E-state index is 0.684. The Bertz CT molecular complexity index is 195. The molecular formula is C8H14NO2P. The fourth-order valence-corrected chi connectivity index (χ4v) is 1.98. The summed E-state index contributed by atoms with van der Waals surface area (Å²) in [6, 6.07) is 3.93. The molecule has 1 heterocycles. The third-order valence-corrected chi connectivity index (χ3v) is 2.86. The van der Waals surface area contributed by atoms with Gasteiger partial charge in [0.05, 0.1) is 13.2 Å². The Kier molecular flexibility index (Phi) is 4.30. The van der Waals surface area contributed by atoms with Gasteiger partial charge in [-0.1, -0.05) is 0 Å². The van der Waals surface area contributed by atoms with Crippen LogP contribution in [-0.4, -0.2) is 17.6 Å². The highest BCUT2D eigenvalue weighted by Crippen LogP contribution is 2.39. The standard InChI is InChI=1S/C8H14NO2P/c1-3-10-12(11-4-2)9-7-5-6-8-9/h5-8H,3-4H2,1-2H3. The minimum Gasteiger partial charge on any atom is -0.318 e. The van der Waals surface area contributed by atoms with Gasteiger partial charge in [-0.15, -0.1) is 0 Å². The van der Waals surface area contributed by atoms with Crippen molar-refractivity contribution < 1.29 is 9.05 Å². The lowest BCUT2D eigenvalue weighted by Crippen LogP contribution is -1.97. The molecule has 1 aromatic heterocycles. The molecule has 1 aromatic rings. The molecule has 12 heavy (non-hydrogen) atoms. The molecule has 0 fully saturated rings. The van der Waals surface area contributed by atoms with Crippen molar-refractivity contribution in [2.45, 2.75) is 13.8 Å². The predicted molar refractivity (Wildman–Crippen MR) is 50.0 cm³/mol. The second kappa shape index (κ2) is 5.31. The van der Waals surface area contributed by atoms with Crippen molar-refractivity contribution in [1.29, 1.82) is 0 Å². The molecular weight excluding hydrogens is 173 g/mol.